The molecule has 0 aromatic heterocycles. The maximum absolute atomic E-state index is 11.6. The van der Waals surface area contributed by atoms with E-state index in [2.05, 4.69) is 17.4 Å². The highest BCUT2D eigenvalue weighted by molar-refractivity contribution is 7.91. The van der Waals surface area contributed by atoms with Crippen LogP contribution in [0.4, 0.5) is 0 Å². The second-order valence-corrected chi connectivity index (χ2v) is 8.87. The first-order valence-electron chi connectivity index (χ1n) is 7.51. The maximum Gasteiger partial charge on any atom is 0.152 e. The Morgan fingerprint density at radius 1 is 1.24 bits per heavy atom. The van der Waals surface area contributed by atoms with Crippen molar-refractivity contribution >= 4 is 9.84 Å². The number of sulfone groups is 1. The van der Waals surface area contributed by atoms with Crippen molar-refractivity contribution in [1.29, 1.82) is 0 Å². The van der Waals surface area contributed by atoms with Crippen molar-refractivity contribution in [1.82, 2.24) is 5.32 Å². The first kappa shape index (κ1) is 14.9. The summed E-state index contributed by atoms with van der Waals surface area (Å²) in [7, 11) is -1.16. The third-order valence-electron chi connectivity index (χ3n) is 4.78. The molecule has 1 aromatic rings. The topological polar surface area (TPSA) is 55.4 Å². The molecule has 2 aliphatic rings. The summed E-state index contributed by atoms with van der Waals surface area (Å²) < 4.78 is 28.4. The van der Waals surface area contributed by atoms with Gasteiger partial charge in [-0.15, -0.1) is 0 Å². The fraction of sp³-hybridized carbons (Fsp3) is 0.625. The Hall–Kier alpha value is -1.07. The van der Waals surface area contributed by atoms with Gasteiger partial charge in [0.2, 0.25) is 0 Å². The zero-order valence-corrected chi connectivity index (χ0v) is 13.4. The van der Waals surface area contributed by atoms with Crippen molar-refractivity contribution < 1.29 is 13.2 Å². The molecule has 0 radical (unpaired) electrons. The summed E-state index contributed by atoms with van der Waals surface area (Å²) >= 11 is 0. The molecule has 21 heavy (non-hydrogen) atoms. The molecular weight excluding hydrogens is 286 g/mol. The maximum atomic E-state index is 11.6. The Morgan fingerprint density at radius 3 is 2.43 bits per heavy atom. The van der Waals surface area contributed by atoms with Crippen LogP contribution >= 0.6 is 0 Å². The van der Waals surface area contributed by atoms with Crippen LogP contribution in [0.2, 0.25) is 0 Å². The van der Waals surface area contributed by atoms with Gasteiger partial charge in [0.25, 0.3) is 0 Å². The molecule has 0 amide bonds. The number of methoxy groups -OCH3 is 1. The van der Waals surface area contributed by atoms with E-state index in [4.69, 9.17) is 4.74 Å². The van der Waals surface area contributed by atoms with Gasteiger partial charge >= 0.3 is 0 Å². The number of benzene rings is 1. The lowest BCUT2D eigenvalue weighted by Crippen LogP contribution is -2.53. The normalized spacial score (nSPS) is 34.4. The molecule has 1 aliphatic heterocycles. The van der Waals surface area contributed by atoms with Gasteiger partial charge in [-0.1, -0.05) is 12.1 Å². The molecule has 1 heterocycles. The van der Waals surface area contributed by atoms with Gasteiger partial charge in [0.1, 0.15) is 5.75 Å². The predicted molar refractivity (Wildman–Crippen MR) is 83.6 cm³/mol. The first-order valence-corrected chi connectivity index (χ1v) is 9.33. The van der Waals surface area contributed by atoms with Gasteiger partial charge in [0.05, 0.1) is 18.6 Å². The van der Waals surface area contributed by atoms with Crippen molar-refractivity contribution in [3.63, 3.8) is 0 Å². The van der Waals surface area contributed by atoms with Crippen molar-refractivity contribution in [3.8, 4) is 5.75 Å². The minimum atomic E-state index is -2.83. The van der Waals surface area contributed by atoms with Gasteiger partial charge in [-0.25, -0.2) is 8.42 Å². The highest BCUT2D eigenvalue weighted by Crippen LogP contribution is 2.39. The van der Waals surface area contributed by atoms with Crippen LogP contribution < -0.4 is 10.1 Å². The van der Waals surface area contributed by atoms with Crippen molar-refractivity contribution in [2.75, 3.05) is 18.6 Å². The second kappa shape index (κ2) is 5.29. The molecule has 3 rings (SSSR count). The van der Waals surface area contributed by atoms with Gasteiger partial charge in [0, 0.05) is 11.6 Å². The molecular formula is C16H23NO3S. The number of rotatable bonds is 4. The van der Waals surface area contributed by atoms with E-state index < -0.39 is 9.84 Å². The number of nitrogens with one attached hydrogen (secondary N) is 1. The Morgan fingerprint density at radius 2 is 1.90 bits per heavy atom. The lowest BCUT2D eigenvalue weighted by molar-refractivity contribution is 0.227. The molecule has 116 valence electrons. The molecule has 1 saturated heterocycles. The molecule has 1 unspecified atom stereocenters. The van der Waals surface area contributed by atoms with Crippen LogP contribution in [0.3, 0.4) is 0 Å². The Bertz CT molecular complexity index is 605. The zero-order valence-electron chi connectivity index (χ0n) is 12.6. The van der Waals surface area contributed by atoms with Crippen molar-refractivity contribution in [2.45, 2.75) is 43.7 Å². The number of hydrogen-bond donors (Lipinski definition) is 1. The van der Waals surface area contributed by atoms with E-state index in [1.165, 1.54) is 5.56 Å². The Balaban J connectivity index is 1.54. The highest BCUT2D eigenvalue weighted by atomic mass is 32.2. The van der Waals surface area contributed by atoms with Crippen LogP contribution in [0.15, 0.2) is 24.3 Å². The summed E-state index contributed by atoms with van der Waals surface area (Å²) in [6.07, 6.45) is 2.91. The van der Waals surface area contributed by atoms with Gasteiger partial charge in [-0.3, -0.25) is 0 Å². The largest absolute Gasteiger partial charge is 0.497 e. The smallest absolute Gasteiger partial charge is 0.152 e. The van der Waals surface area contributed by atoms with Gasteiger partial charge in [-0.05, 0) is 49.8 Å². The van der Waals surface area contributed by atoms with E-state index in [1.807, 2.05) is 19.1 Å². The summed E-state index contributed by atoms with van der Waals surface area (Å²) in [5, 5.41) is 3.57. The molecule has 0 bridgehead atoms. The minimum absolute atomic E-state index is 0.228. The molecule has 4 nitrogen and oxygen atoms in total. The SMILES string of the molecule is COc1ccc(C2CC(NC3(C)CCS(=O)(=O)C3)C2)cc1. The van der Waals surface area contributed by atoms with Crippen LogP contribution in [-0.2, 0) is 9.84 Å². The standard InChI is InChI=1S/C16H23NO3S/c1-16(7-8-21(18,19)11-16)17-14-9-13(10-14)12-3-5-15(20-2)6-4-12/h3-6,13-14,17H,7-11H2,1-2H3. The molecule has 1 saturated carbocycles. The zero-order chi connectivity index (χ0) is 15.1. The number of hydrogen-bond acceptors (Lipinski definition) is 4. The van der Waals surface area contributed by atoms with Crippen LogP contribution in [0.1, 0.15) is 37.7 Å². The van der Waals surface area contributed by atoms with Gasteiger partial charge in [-0.2, -0.15) is 0 Å². The molecule has 1 aromatic carbocycles. The fourth-order valence-corrected chi connectivity index (χ4v) is 5.61. The number of ether oxygens (including phenoxy) is 1. The lowest BCUT2D eigenvalue weighted by Gasteiger charge is -2.41. The average molecular weight is 309 g/mol. The van der Waals surface area contributed by atoms with Crippen molar-refractivity contribution in [3.05, 3.63) is 29.8 Å². The Labute approximate surface area is 126 Å². The molecule has 1 N–H and O–H groups in total. The van der Waals surface area contributed by atoms with E-state index in [0.29, 0.717) is 17.7 Å². The van der Waals surface area contributed by atoms with Gasteiger partial charge < -0.3 is 10.1 Å². The van der Waals surface area contributed by atoms with Crippen LogP contribution in [0, 0.1) is 0 Å². The highest BCUT2D eigenvalue weighted by Gasteiger charge is 2.42. The van der Waals surface area contributed by atoms with Crippen molar-refractivity contribution in [2.24, 2.45) is 0 Å². The molecule has 5 heteroatoms. The molecule has 1 atom stereocenters. The summed E-state index contributed by atoms with van der Waals surface area (Å²) in [5.41, 5.74) is 1.12. The van der Waals surface area contributed by atoms with E-state index in [1.54, 1.807) is 7.11 Å². The van der Waals surface area contributed by atoms with Crippen LogP contribution in [-0.4, -0.2) is 38.6 Å². The first-order chi connectivity index (χ1) is 9.89. The fourth-order valence-electron chi connectivity index (χ4n) is 3.50. The summed E-state index contributed by atoms with van der Waals surface area (Å²) in [6.45, 7) is 2.04. The van der Waals surface area contributed by atoms with E-state index >= 15 is 0 Å². The van der Waals surface area contributed by atoms with E-state index in [0.717, 1.165) is 25.0 Å². The molecule has 0 spiro atoms. The van der Waals surface area contributed by atoms with Crippen LogP contribution in [0.5, 0.6) is 5.75 Å². The molecule has 1 aliphatic carbocycles. The third-order valence-corrected chi connectivity index (χ3v) is 6.68. The summed E-state index contributed by atoms with van der Waals surface area (Å²) in [4.78, 5) is 0. The average Bonchev–Trinajstić information content (AvgIpc) is 2.68. The minimum Gasteiger partial charge on any atom is -0.497 e. The second-order valence-electron chi connectivity index (χ2n) is 6.69. The van der Waals surface area contributed by atoms with Crippen LogP contribution in [0.25, 0.3) is 0 Å². The lowest BCUT2D eigenvalue weighted by atomic mass is 9.75. The van der Waals surface area contributed by atoms with Gasteiger partial charge in [0.15, 0.2) is 9.84 Å². The quantitative estimate of drug-likeness (QED) is 0.925. The molecule has 2 fully saturated rings. The Kier molecular flexibility index (Phi) is 3.74. The summed E-state index contributed by atoms with van der Waals surface area (Å²) in [5.74, 6) is 2.07. The van der Waals surface area contributed by atoms with E-state index in [-0.39, 0.29) is 11.3 Å². The third kappa shape index (κ3) is 3.24. The van der Waals surface area contributed by atoms with E-state index in [9.17, 15) is 8.42 Å². The predicted octanol–water partition coefficient (Wildman–Crippen LogP) is 2.11. The monoisotopic (exact) mass is 309 g/mol. The summed E-state index contributed by atoms with van der Waals surface area (Å²) in [6, 6.07) is 8.69.